The lowest BCUT2D eigenvalue weighted by Crippen LogP contribution is -2.48. The van der Waals surface area contributed by atoms with E-state index in [0.717, 1.165) is 4.90 Å². The predicted octanol–water partition coefficient (Wildman–Crippen LogP) is 1.92. The first-order chi connectivity index (χ1) is 12.5. The average Bonchev–Trinajstić information content (AvgIpc) is 2.93. The number of imide groups is 1. The van der Waals surface area contributed by atoms with Crippen molar-refractivity contribution in [2.75, 3.05) is 12.0 Å². The monoisotopic (exact) mass is 373 g/mol. The molecule has 2 aromatic rings. The van der Waals surface area contributed by atoms with Crippen LogP contribution in [0.2, 0.25) is 5.02 Å². The molecule has 3 amide bonds. The molecule has 0 aliphatic carbocycles. The number of carbonyl (C=O) groups is 3. The van der Waals surface area contributed by atoms with Crippen LogP contribution in [0.25, 0.3) is 0 Å². The molecular formula is C18H16ClN3O4. The molecule has 134 valence electrons. The van der Waals surface area contributed by atoms with Gasteiger partial charge in [0.05, 0.1) is 19.2 Å². The quantitative estimate of drug-likeness (QED) is 0.617. The molecule has 1 saturated heterocycles. The van der Waals surface area contributed by atoms with Crippen LogP contribution < -0.4 is 20.5 Å². The molecule has 3 rings (SSSR count). The van der Waals surface area contributed by atoms with Gasteiger partial charge in [0.2, 0.25) is 5.91 Å². The van der Waals surface area contributed by atoms with Crippen LogP contribution in [0, 0.1) is 0 Å². The van der Waals surface area contributed by atoms with Crippen LogP contribution in [-0.4, -0.2) is 30.9 Å². The van der Waals surface area contributed by atoms with E-state index in [1.165, 1.54) is 13.2 Å². The first-order valence-corrected chi connectivity index (χ1v) is 8.19. The third kappa shape index (κ3) is 3.68. The van der Waals surface area contributed by atoms with E-state index in [0.29, 0.717) is 22.0 Å². The van der Waals surface area contributed by atoms with Gasteiger partial charge in [0, 0.05) is 16.7 Å². The summed E-state index contributed by atoms with van der Waals surface area (Å²) in [6, 6.07) is 12.2. The molecule has 2 N–H and O–H groups in total. The van der Waals surface area contributed by atoms with Crippen molar-refractivity contribution in [3.63, 3.8) is 0 Å². The lowest BCUT2D eigenvalue weighted by molar-refractivity contribution is -0.121. The summed E-state index contributed by atoms with van der Waals surface area (Å²) in [6.45, 7) is 0. The largest absolute Gasteiger partial charge is 0.497 e. The van der Waals surface area contributed by atoms with E-state index in [9.17, 15) is 14.4 Å². The number of benzene rings is 2. The van der Waals surface area contributed by atoms with E-state index < -0.39 is 17.9 Å². The van der Waals surface area contributed by atoms with Gasteiger partial charge in [-0.1, -0.05) is 23.7 Å². The molecule has 1 aliphatic rings. The van der Waals surface area contributed by atoms with E-state index in [1.807, 2.05) is 0 Å². The first-order valence-electron chi connectivity index (χ1n) is 7.82. The summed E-state index contributed by atoms with van der Waals surface area (Å²) >= 11 is 5.85. The Kier molecular flexibility index (Phi) is 5.20. The Morgan fingerprint density at radius 3 is 2.69 bits per heavy atom. The summed E-state index contributed by atoms with van der Waals surface area (Å²) in [5, 5.41) is 0.425. The third-order valence-corrected chi connectivity index (χ3v) is 4.14. The fraction of sp³-hybridized carbons (Fsp3) is 0.167. The number of amides is 3. The fourth-order valence-electron chi connectivity index (χ4n) is 2.62. The molecule has 7 nitrogen and oxygen atoms in total. The van der Waals surface area contributed by atoms with Gasteiger partial charge >= 0.3 is 0 Å². The van der Waals surface area contributed by atoms with Crippen molar-refractivity contribution in [2.45, 2.75) is 12.5 Å². The van der Waals surface area contributed by atoms with Crippen molar-refractivity contribution in [3.8, 4) is 5.75 Å². The molecule has 0 saturated carbocycles. The maximum atomic E-state index is 12.5. The van der Waals surface area contributed by atoms with E-state index in [4.69, 9.17) is 16.3 Å². The molecule has 0 spiro atoms. The topological polar surface area (TPSA) is 87.7 Å². The maximum Gasteiger partial charge on any atom is 0.265 e. The van der Waals surface area contributed by atoms with E-state index in [2.05, 4.69) is 10.9 Å². The van der Waals surface area contributed by atoms with E-state index in [1.54, 1.807) is 42.5 Å². The Bertz CT molecular complexity index is 871. The summed E-state index contributed by atoms with van der Waals surface area (Å²) in [6.07, 6.45) is -0.0636. The number of rotatable bonds is 5. The van der Waals surface area contributed by atoms with Crippen molar-refractivity contribution in [1.82, 2.24) is 10.9 Å². The van der Waals surface area contributed by atoms with Crippen LogP contribution in [0.5, 0.6) is 5.75 Å². The number of nitrogens with zero attached hydrogens (tertiary/aromatic N) is 1. The summed E-state index contributed by atoms with van der Waals surface area (Å²) in [4.78, 5) is 38.0. The van der Waals surface area contributed by atoms with Crippen molar-refractivity contribution in [2.24, 2.45) is 0 Å². The molecule has 26 heavy (non-hydrogen) atoms. The van der Waals surface area contributed by atoms with Gasteiger partial charge in [0.1, 0.15) is 11.8 Å². The minimum atomic E-state index is -0.850. The highest BCUT2D eigenvalue weighted by atomic mass is 35.5. The van der Waals surface area contributed by atoms with Crippen LogP contribution in [0.4, 0.5) is 5.69 Å². The van der Waals surface area contributed by atoms with E-state index in [-0.39, 0.29) is 12.3 Å². The molecule has 1 atom stereocenters. The molecule has 0 aromatic heterocycles. The smallest absolute Gasteiger partial charge is 0.265 e. The summed E-state index contributed by atoms with van der Waals surface area (Å²) in [5.74, 6) is -0.728. The molecule has 0 unspecified atom stereocenters. The summed E-state index contributed by atoms with van der Waals surface area (Å²) in [7, 11) is 1.50. The number of halogens is 1. The second-order valence-corrected chi connectivity index (χ2v) is 6.07. The number of nitrogens with one attached hydrogen (secondary N) is 2. The lowest BCUT2D eigenvalue weighted by atomic mass is 10.2. The van der Waals surface area contributed by atoms with Gasteiger partial charge in [-0.05, 0) is 30.3 Å². The van der Waals surface area contributed by atoms with Crippen LogP contribution in [-0.2, 0) is 9.59 Å². The van der Waals surface area contributed by atoms with Gasteiger partial charge in [-0.15, -0.1) is 0 Å². The normalized spacial score (nSPS) is 16.7. The lowest BCUT2D eigenvalue weighted by Gasteiger charge is -2.16. The minimum absolute atomic E-state index is 0.0636. The Morgan fingerprint density at radius 2 is 1.96 bits per heavy atom. The highest BCUT2D eigenvalue weighted by Gasteiger charge is 2.39. The van der Waals surface area contributed by atoms with Crippen molar-refractivity contribution >= 4 is 35.0 Å². The zero-order valence-corrected chi connectivity index (χ0v) is 14.6. The van der Waals surface area contributed by atoms with Crippen molar-refractivity contribution in [1.29, 1.82) is 0 Å². The molecule has 1 aliphatic heterocycles. The van der Waals surface area contributed by atoms with E-state index >= 15 is 0 Å². The molecule has 8 heteroatoms. The van der Waals surface area contributed by atoms with Gasteiger partial charge in [0.15, 0.2) is 0 Å². The maximum absolute atomic E-state index is 12.5. The van der Waals surface area contributed by atoms with Crippen LogP contribution in [0.3, 0.4) is 0 Å². The molecule has 0 radical (unpaired) electrons. The van der Waals surface area contributed by atoms with Gasteiger partial charge in [0.25, 0.3) is 11.8 Å². The highest BCUT2D eigenvalue weighted by molar-refractivity contribution is 6.31. The molecular weight excluding hydrogens is 358 g/mol. The van der Waals surface area contributed by atoms with Crippen LogP contribution in [0.15, 0.2) is 48.5 Å². The fourth-order valence-corrected chi connectivity index (χ4v) is 2.81. The summed E-state index contributed by atoms with van der Waals surface area (Å²) in [5.41, 5.74) is 5.82. The average molecular weight is 374 g/mol. The number of methoxy groups -OCH3 is 1. The Hall–Kier alpha value is -2.90. The number of hydrogen-bond donors (Lipinski definition) is 2. The minimum Gasteiger partial charge on any atom is -0.497 e. The Balaban J connectivity index is 1.68. The number of ether oxygens (including phenoxy) is 1. The predicted molar refractivity (Wildman–Crippen MR) is 95.9 cm³/mol. The summed E-state index contributed by atoms with van der Waals surface area (Å²) < 4.78 is 5.12. The van der Waals surface area contributed by atoms with Gasteiger partial charge in [-0.3, -0.25) is 19.8 Å². The number of anilines is 1. The molecule has 1 fully saturated rings. The standard InChI is InChI=1S/C18H16ClN3O4/c1-26-14-7-3-6-13(9-14)22-16(23)10-15(18(22)25)20-21-17(24)11-4-2-5-12(19)8-11/h2-9,15,20H,10H2,1H3,(H,21,24)/t15-/m1/s1. The number of hydrazine groups is 1. The van der Waals surface area contributed by atoms with Crippen molar-refractivity contribution in [3.05, 3.63) is 59.1 Å². The third-order valence-electron chi connectivity index (χ3n) is 3.90. The van der Waals surface area contributed by atoms with Gasteiger partial charge in [-0.25, -0.2) is 10.3 Å². The highest BCUT2D eigenvalue weighted by Crippen LogP contribution is 2.26. The number of hydrogen-bond acceptors (Lipinski definition) is 5. The zero-order chi connectivity index (χ0) is 18.7. The van der Waals surface area contributed by atoms with Crippen LogP contribution >= 0.6 is 11.6 Å². The Morgan fingerprint density at radius 1 is 1.19 bits per heavy atom. The first kappa shape index (κ1) is 17.9. The van der Waals surface area contributed by atoms with Crippen molar-refractivity contribution < 1.29 is 19.1 Å². The zero-order valence-electron chi connectivity index (χ0n) is 13.9. The molecule has 1 heterocycles. The number of carbonyl (C=O) groups excluding carboxylic acids is 3. The Labute approximate surface area is 154 Å². The van der Waals surface area contributed by atoms with Crippen LogP contribution in [0.1, 0.15) is 16.8 Å². The molecule has 0 bridgehead atoms. The van der Waals surface area contributed by atoms with Gasteiger partial charge < -0.3 is 4.74 Å². The van der Waals surface area contributed by atoms with Gasteiger partial charge in [-0.2, -0.15) is 0 Å². The second kappa shape index (κ2) is 7.55. The second-order valence-electron chi connectivity index (χ2n) is 5.63. The molecule has 2 aromatic carbocycles. The SMILES string of the molecule is COc1cccc(N2C(=O)C[C@@H](NNC(=O)c3cccc(Cl)c3)C2=O)c1.